The van der Waals surface area contributed by atoms with Crippen molar-refractivity contribution in [3.63, 3.8) is 0 Å². The molecule has 1 aromatic rings. The summed E-state index contributed by atoms with van der Waals surface area (Å²) in [7, 11) is 0. The largest absolute Gasteiger partial charge is 0.386 e. The van der Waals surface area contributed by atoms with Gasteiger partial charge in [-0.05, 0) is 6.07 Å². The molecule has 0 aliphatic heterocycles. The summed E-state index contributed by atoms with van der Waals surface area (Å²) in [5.74, 6) is -0.550. The van der Waals surface area contributed by atoms with Gasteiger partial charge in [0.25, 0.3) is 5.91 Å². The Balaban J connectivity index is 2.37. The number of aromatic amines is 1. The first-order valence-corrected chi connectivity index (χ1v) is 3.25. The summed E-state index contributed by atoms with van der Waals surface area (Å²) in [6, 6.07) is 1.69. The zero-order chi connectivity index (χ0) is 8.81. The Morgan fingerprint density at radius 3 is 3.33 bits per heavy atom. The van der Waals surface area contributed by atoms with Gasteiger partial charge in [0.15, 0.2) is 0 Å². The molecule has 0 saturated carbocycles. The first-order chi connectivity index (χ1) is 5.83. The fourth-order valence-electron chi connectivity index (χ4n) is 0.548. The lowest BCUT2D eigenvalue weighted by Gasteiger charge is -1.91. The summed E-state index contributed by atoms with van der Waals surface area (Å²) < 4.78 is 0. The number of amides is 1. The summed E-state index contributed by atoms with van der Waals surface area (Å²) in [6.07, 6.45) is 2.95. The van der Waals surface area contributed by atoms with E-state index >= 15 is 0 Å². The van der Waals surface area contributed by atoms with Crippen LogP contribution in [0.3, 0.4) is 0 Å². The zero-order valence-electron chi connectivity index (χ0n) is 6.19. The van der Waals surface area contributed by atoms with E-state index in [0.29, 0.717) is 5.69 Å². The van der Waals surface area contributed by atoms with E-state index in [-0.39, 0.29) is 0 Å². The molecule has 0 aliphatic rings. The van der Waals surface area contributed by atoms with E-state index in [1.807, 2.05) is 0 Å². The van der Waals surface area contributed by atoms with Gasteiger partial charge in [-0.25, -0.2) is 5.43 Å². The standard InChI is InChI=1S/C6H8N4O2/c11-4-6(12)10-8-3-5-1-2-7-9-5/h1-3,11H,4H2,(H,7,9)(H,10,12)/b8-3+. The molecule has 0 bridgehead atoms. The van der Waals surface area contributed by atoms with E-state index in [0.717, 1.165) is 0 Å². The number of nitrogens with zero attached hydrogens (tertiary/aromatic N) is 2. The third-order valence-electron chi connectivity index (χ3n) is 1.06. The quantitative estimate of drug-likeness (QED) is 0.393. The van der Waals surface area contributed by atoms with Crippen LogP contribution in [0.5, 0.6) is 0 Å². The Hall–Kier alpha value is -1.69. The van der Waals surface area contributed by atoms with Crippen LogP contribution < -0.4 is 5.43 Å². The van der Waals surface area contributed by atoms with Crippen LogP contribution in [0.4, 0.5) is 0 Å². The molecule has 1 heterocycles. The van der Waals surface area contributed by atoms with E-state index in [2.05, 4.69) is 20.7 Å². The highest BCUT2D eigenvalue weighted by Crippen LogP contribution is 1.83. The van der Waals surface area contributed by atoms with Gasteiger partial charge in [0.2, 0.25) is 0 Å². The second kappa shape index (κ2) is 4.24. The minimum atomic E-state index is -0.569. The fraction of sp³-hybridized carbons (Fsp3) is 0.167. The van der Waals surface area contributed by atoms with Gasteiger partial charge in [-0.1, -0.05) is 0 Å². The van der Waals surface area contributed by atoms with E-state index in [1.165, 1.54) is 6.21 Å². The minimum absolute atomic E-state index is 0.550. The highest BCUT2D eigenvalue weighted by atomic mass is 16.3. The summed E-state index contributed by atoms with van der Waals surface area (Å²) in [6.45, 7) is -0.569. The SMILES string of the molecule is O=C(CO)N/N=C/c1ccn[nH]1. The molecule has 1 aromatic heterocycles. The van der Waals surface area contributed by atoms with Crippen LogP contribution in [0, 0.1) is 0 Å². The van der Waals surface area contributed by atoms with Crippen molar-refractivity contribution in [2.45, 2.75) is 0 Å². The zero-order valence-corrected chi connectivity index (χ0v) is 6.19. The summed E-state index contributed by atoms with van der Waals surface area (Å²) in [5, 5.41) is 18.1. The highest BCUT2D eigenvalue weighted by molar-refractivity contribution is 5.81. The van der Waals surface area contributed by atoms with Crippen molar-refractivity contribution in [2.75, 3.05) is 6.61 Å². The molecule has 0 unspecified atom stereocenters. The van der Waals surface area contributed by atoms with Crippen molar-refractivity contribution in [3.8, 4) is 0 Å². The van der Waals surface area contributed by atoms with E-state index < -0.39 is 12.5 Å². The van der Waals surface area contributed by atoms with Gasteiger partial charge in [-0.2, -0.15) is 10.2 Å². The smallest absolute Gasteiger partial charge is 0.265 e. The molecule has 1 amide bonds. The number of aliphatic hydroxyl groups is 1. The number of rotatable bonds is 3. The van der Waals surface area contributed by atoms with Crippen LogP contribution >= 0.6 is 0 Å². The van der Waals surface area contributed by atoms with Crippen LogP contribution in [-0.4, -0.2) is 34.0 Å². The Labute approximate surface area is 68.3 Å². The average molecular weight is 168 g/mol. The van der Waals surface area contributed by atoms with Crippen molar-refractivity contribution in [2.24, 2.45) is 5.10 Å². The molecule has 0 spiro atoms. The van der Waals surface area contributed by atoms with E-state index in [4.69, 9.17) is 5.11 Å². The van der Waals surface area contributed by atoms with Crippen LogP contribution in [0.15, 0.2) is 17.4 Å². The maximum Gasteiger partial charge on any atom is 0.265 e. The van der Waals surface area contributed by atoms with Gasteiger partial charge in [-0.3, -0.25) is 9.89 Å². The number of carbonyl (C=O) groups is 1. The van der Waals surface area contributed by atoms with Crippen molar-refractivity contribution in [1.82, 2.24) is 15.6 Å². The molecule has 0 aliphatic carbocycles. The molecule has 12 heavy (non-hydrogen) atoms. The van der Waals surface area contributed by atoms with Gasteiger partial charge in [0.05, 0.1) is 11.9 Å². The van der Waals surface area contributed by atoms with Crippen molar-refractivity contribution in [1.29, 1.82) is 0 Å². The highest BCUT2D eigenvalue weighted by Gasteiger charge is 1.92. The fourth-order valence-corrected chi connectivity index (χ4v) is 0.548. The number of H-pyrrole nitrogens is 1. The summed E-state index contributed by atoms with van der Waals surface area (Å²) in [4.78, 5) is 10.4. The molecular weight excluding hydrogens is 160 g/mol. The number of hydrazone groups is 1. The molecule has 0 fully saturated rings. The Morgan fingerprint density at radius 2 is 2.75 bits per heavy atom. The lowest BCUT2D eigenvalue weighted by molar-refractivity contribution is -0.123. The third kappa shape index (κ3) is 2.51. The lowest BCUT2D eigenvalue weighted by atomic mass is 10.5. The summed E-state index contributed by atoms with van der Waals surface area (Å²) in [5.41, 5.74) is 2.78. The van der Waals surface area contributed by atoms with Gasteiger partial charge in [0, 0.05) is 6.20 Å². The molecule has 0 radical (unpaired) electrons. The first-order valence-electron chi connectivity index (χ1n) is 3.25. The van der Waals surface area contributed by atoms with Gasteiger partial charge in [-0.15, -0.1) is 0 Å². The second-order valence-electron chi connectivity index (χ2n) is 1.96. The molecule has 6 nitrogen and oxygen atoms in total. The second-order valence-corrected chi connectivity index (χ2v) is 1.96. The van der Waals surface area contributed by atoms with Gasteiger partial charge >= 0.3 is 0 Å². The van der Waals surface area contributed by atoms with Crippen LogP contribution in [0.25, 0.3) is 0 Å². The van der Waals surface area contributed by atoms with E-state index in [9.17, 15) is 4.79 Å². The number of hydrogen-bond donors (Lipinski definition) is 3. The topological polar surface area (TPSA) is 90.4 Å². The van der Waals surface area contributed by atoms with Gasteiger partial charge < -0.3 is 5.11 Å². The van der Waals surface area contributed by atoms with Crippen LogP contribution in [0.2, 0.25) is 0 Å². The predicted octanol–water partition coefficient (Wildman–Crippen LogP) is -1.15. The van der Waals surface area contributed by atoms with E-state index in [1.54, 1.807) is 12.3 Å². The third-order valence-corrected chi connectivity index (χ3v) is 1.06. The average Bonchev–Trinajstić information content (AvgIpc) is 2.57. The molecule has 1 rings (SSSR count). The van der Waals surface area contributed by atoms with Crippen LogP contribution in [-0.2, 0) is 4.79 Å². The maximum atomic E-state index is 10.4. The monoisotopic (exact) mass is 168 g/mol. The Morgan fingerprint density at radius 1 is 1.92 bits per heavy atom. The minimum Gasteiger partial charge on any atom is -0.386 e. The molecule has 3 N–H and O–H groups in total. The molecule has 0 aromatic carbocycles. The summed E-state index contributed by atoms with van der Waals surface area (Å²) >= 11 is 0. The number of aromatic nitrogens is 2. The number of nitrogens with one attached hydrogen (secondary N) is 2. The lowest BCUT2D eigenvalue weighted by Crippen LogP contribution is -2.20. The predicted molar refractivity (Wildman–Crippen MR) is 41.4 cm³/mol. The normalized spacial score (nSPS) is 10.4. The maximum absolute atomic E-state index is 10.4. The molecule has 0 saturated heterocycles. The molecule has 0 atom stereocenters. The number of aliphatic hydroxyl groups excluding tert-OH is 1. The van der Waals surface area contributed by atoms with Crippen LogP contribution in [0.1, 0.15) is 5.69 Å². The number of hydrogen-bond acceptors (Lipinski definition) is 4. The molecule has 6 heteroatoms. The van der Waals surface area contributed by atoms with Crippen molar-refractivity contribution < 1.29 is 9.90 Å². The Bertz CT molecular complexity index is 267. The van der Waals surface area contributed by atoms with Gasteiger partial charge in [0.1, 0.15) is 6.61 Å². The molecular formula is C6H8N4O2. The van der Waals surface area contributed by atoms with Crippen molar-refractivity contribution in [3.05, 3.63) is 18.0 Å². The van der Waals surface area contributed by atoms with Crippen molar-refractivity contribution >= 4 is 12.1 Å². The first kappa shape index (κ1) is 8.41. The molecule has 64 valence electrons. The number of carbonyl (C=O) groups excluding carboxylic acids is 1. The Kier molecular flexibility index (Phi) is 2.97.